The van der Waals surface area contributed by atoms with Gasteiger partial charge in [0, 0.05) is 23.1 Å². The van der Waals surface area contributed by atoms with Crippen LogP contribution in [0.2, 0.25) is 0 Å². The first kappa shape index (κ1) is 11.0. The molecule has 0 unspecified atom stereocenters. The molecule has 2 aromatic rings. The molecule has 1 aromatic heterocycles. The molecule has 2 N–H and O–H groups in total. The number of benzene rings is 1. The van der Waals surface area contributed by atoms with Gasteiger partial charge in [-0.15, -0.1) is 0 Å². The van der Waals surface area contributed by atoms with Crippen molar-refractivity contribution in [2.75, 3.05) is 0 Å². The van der Waals surface area contributed by atoms with Gasteiger partial charge in [-0.2, -0.15) is 5.10 Å². The summed E-state index contributed by atoms with van der Waals surface area (Å²) in [6.07, 6.45) is 4.59. The van der Waals surface area contributed by atoms with Gasteiger partial charge in [-0.05, 0) is 52.5 Å². The third-order valence-electron chi connectivity index (χ3n) is 3.10. The van der Waals surface area contributed by atoms with Crippen molar-refractivity contribution in [3.05, 3.63) is 46.2 Å². The number of hydrogen-bond acceptors (Lipinski definition) is 2. The molecule has 0 amide bonds. The lowest BCUT2D eigenvalue weighted by atomic mass is 10.2. The Hall–Kier alpha value is -1.13. The van der Waals surface area contributed by atoms with Gasteiger partial charge in [0.05, 0.1) is 11.4 Å². The lowest BCUT2D eigenvalue weighted by Crippen LogP contribution is -2.00. The van der Waals surface area contributed by atoms with E-state index >= 15 is 0 Å². The number of hydrogen-bond donors (Lipinski definition) is 1. The molecular formula is C13H14BrN3. The molecule has 0 radical (unpaired) electrons. The van der Waals surface area contributed by atoms with E-state index in [9.17, 15) is 0 Å². The molecule has 1 heterocycles. The second-order valence-corrected chi connectivity index (χ2v) is 5.30. The summed E-state index contributed by atoms with van der Waals surface area (Å²) >= 11 is 3.57. The quantitative estimate of drug-likeness (QED) is 0.945. The molecule has 88 valence electrons. The van der Waals surface area contributed by atoms with Crippen LogP contribution in [0.15, 0.2) is 34.9 Å². The van der Waals surface area contributed by atoms with E-state index in [4.69, 9.17) is 5.73 Å². The van der Waals surface area contributed by atoms with Crippen molar-refractivity contribution in [1.82, 2.24) is 9.78 Å². The van der Waals surface area contributed by atoms with Crippen molar-refractivity contribution in [2.45, 2.75) is 25.3 Å². The molecule has 1 aliphatic carbocycles. The first-order chi connectivity index (χ1) is 8.28. The molecule has 1 fully saturated rings. The second kappa shape index (κ2) is 4.27. The normalized spacial score (nSPS) is 15.2. The van der Waals surface area contributed by atoms with E-state index < -0.39 is 0 Å². The highest BCUT2D eigenvalue weighted by Gasteiger charge is 2.25. The monoisotopic (exact) mass is 291 g/mol. The summed E-state index contributed by atoms with van der Waals surface area (Å²) in [5.74, 6) is 0.693. The van der Waals surface area contributed by atoms with E-state index in [1.54, 1.807) is 0 Å². The van der Waals surface area contributed by atoms with Gasteiger partial charge in [0.15, 0.2) is 0 Å². The number of aromatic nitrogens is 2. The van der Waals surface area contributed by atoms with E-state index in [2.05, 4.69) is 33.2 Å². The Kier molecular flexibility index (Phi) is 2.76. The summed E-state index contributed by atoms with van der Waals surface area (Å²) < 4.78 is 2.96. The molecule has 17 heavy (non-hydrogen) atoms. The topological polar surface area (TPSA) is 43.8 Å². The fraction of sp³-hybridized carbons (Fsp3) is 0.308. The Labute approximate surface area is 109 Å². The molecule has 0 saturated heterocycles. The van der Waals surface area contributed by atoms with Gasteiger partial charge in [-0.1, -0.05) is 6.07 Å². The molecule has 0 aliphatic heterocycles. The van der Waals surface area contributed by atoms with Gasteiger partial charge >= 0.3 is 0 Å². The molecule has 3 nitrogen and oxygen atoms in total. The van der Waals surface area contributed by atoms with Crippen molar-refractivity contribution < 1.29 is 0 Å². The van der Waals surface area contributed by atoms with Crippen LogP contribution >= 0.6 is 15.9 Å². The summed E-state index contributed by atoms with van der Waals surface area (Å²) in [6.45, 7) is 0.561. The Morgan fingerprint density at radius 2 is 2.18 bits per heavy atom. The maximum absolute atomic E-state index is 5.62. The SMILES string of the molecule is NCc1ccc(-n2ccc(C3CC3)n2)c(Br)c1. The van der Waals surface area contributed by atoms with Crippen LogP contribution in [0.3, 0.4) is 0 Å². The first-order valence-electron chi connectivity index (χ1n) is 5.82. The third-order valence-corrected chi connectivity index (χ3v) is 3.74. The van der Waals surface area contributed by atoms with Crippen LogP contribution in [0.1, 0.15) is 30.0 Å². The summed E-state index contributed by atoms with van der Waals surface area (Å²) in [4.78, 5) is 0. The minimum absolute atomic E-state index is 0.561. The van der Waals surface area contributed by atoms with Crippen molar-refractivity contribution in [1.29, 1.82) is 0 Å². The van der Waals surface area contributed by atoms with Gasteiger partial charge in [-0.25, -0.2) is 4.68 Å². The van der Waals surface area contributed by atoms with Crippen molar-refractivity contribution >= 4 is 15.9 Å². The maximum Gasteiger partial charge on any atom is 0.0787 e. The van der Waals surface area contributed by atoms with Crippen molar-refractivity contribution in [2.24, 2.45) is 5.73 Å². The van der Waals surface area contributed by atoms with E-state index in [1.165, 1.54) is 18.5 Å². The highest BCUT2D eigenvalue weighted by molar-refractivity contribution is 9.10. The molecule has 0 bridgehead atoms. The maximum atomic E-state index is 5.62. The average molecular weight is 292 g/mol. The van der Waals surface area contributed by atoms with E-state index in [0.29, 0.717) is 12.5 Å². The minimum atomic E-state index is 0.561. The largest absolute Gasteiger partial charge is 0.326 e. The molecular weight excluding hydrogens is 278 g/mol. The van der Waals surface area contributed by atoms with Gasteiger partial charge in [0.1, 0.15) is 0 Å². The fourth-order valence-corrected chi connectivity index (χ4v) is 2.54. The van der Waals surface area contributed by atoms with Gasteiger partial charge < -0.3 is 5.73 Å². The van der Waals surface area contributed by atoms with Crippen molar-refractivity contribution in [3.8, 4) is 5.69 Å². The van der Waals surface area contributed by atoms with Crippen LogP contribution in [0.25, 0.3) is 5.69 Å². The molecule has 0 spiro atoms. The number of nitrogens with zero attached hydrogens (tertiary/aromatic N) is 2. The summed E-state index contributed by atoms with van der Waals surface area (Å²) in [7, 11) is 0. The fourth-order valence-electron chi connectivity index (χ4n) is 1.93. The Bertz CT molecular complexity index is 543. The lowest BCUT2D eigenvalue weighted by Gasteiger charge is -2.06. The zero-order valence-electron chi connectivity index (χ0n) is 9.44. The van der Waals surface area contributed by atoms with Crippen LogP contribution in [0.5, 0.6) is 0 Å². The number of rotatable bonds is 3. The van der Waals surface area contributed by atoms with Crippen LogP contribution < -0.4 is 5.73 Å². The Morgan fingerprint density at radius 1 is 1.35 bits per heavy atom. The van der Waals surface area contributed by atoms with Crippen LogP contribution in [0.4, 0.5) is 0 Å². The van der Waals surface area contributed by atoms with Crippen molar-refractivity contribution in [3.63, 3.8) is 0 Å². The predicted octanol–water partition coefficient (Wildman–Crippen LogP) is 2.97. The predicted molar refractivity (Wildman–Crippen MR) is 71.1 cm³/mol. The second-order valence-electron chi connectivity index (χ2n) is 4.45. The molecule has 3 rings (SSSR count). The third kappa shape index (κ3) is 2.15. The Balaban J connectivity index is 1.96. The highest BCUT2D eigenvalue weighted by Crippen LogP contribution is 2.39. The van der Waals surface area contributed by atoms with Gasteiger partial charge in [0.25, 0.3) is 0 Å². The smallest absolute Gasteiger partial charge is 0.0787 e. The van der Waals surface area contributed by atoms with Crippen LogP contribution in [-0.4, -0.2) is 9.78 Å². The van der Waals surface area contributed by atoms with E-state index in [0.717, 1.165) is 15.7 Å². The standard InChI is InChI=1S/C13H14BrN3/c14-11-7-9(8-15)1-4-13(11)17-6-5-12(16-17)10-2-3-10/h1,4-7,10H,2-3,8,15H2. The highest BCUT2D eigenvalue weighted by atomic mass is 79.9. The molecule has 4 heteroatoms. The lowest BCUT2D eigenvalue weighted by molar-refractivity contribution is 0.833. The Morgan fingerprint density at radius 3 is 2.82 bits per heavy atom. The molecule has 1 aliphatic rings. The van der Waals surface area contributed by atoms with Crippen LogP contribution in [0, 0.1) is 0 Å². The summed E-state index contributed by atoms with van der Waals surface area (Å²) in [5.41, 5.74) is 9.01. The van der Waals surface area contributed by atoms with E-state index in [1.807, 2.05) is 23.0 Å². The molecule has 1 aromatic carbocycles. The minimum Gasteiger partial charge on any atom is -0.326 e. The molecule has 1 saturated carbocycles. The number of halogens is 1. The number of nitrogens with two attached hydrogens (primary N) is 1. The average Bonchev–Trinajstić information content (AvgIpc) is 3.08. The summed E-state index contributed by atoms with van der Waals surface area (Å²) in [5, 5.41) is 4.61. The molecule has 0 atom stereocenters. The van der Waals surface area contributed by atoms with Crippen LogP contribution in [-0.2, 0) is 6.54 Å². The van der Waals surface area contributed by atoms with Gasteiger partial charge in [-0.3, -0.25) is 0 Å². The van der Waals surface area contributed by atoms with Gasteiger partial charge in [0.2, 0.25) is 0 Å². The zero-order chi connectivity index (χ0) is 11.8. The zero-order valence-corrected chi connectivity index (χ0v) is 11.0. The summed E-state index contributed by atoms with van der Waals surface area (Å²) in [6, 6.07) is 8.25. The first-order valence-corrected chi connectivity index (χ1v) is 6.61. The van der Waals surface area contributed by atoms with E-state index in [-0.39, 0.29) is 0 Å².